The first kappa shape index (κ1) is 20.6. The lowest BCUT2D eigenvalue weighted by atomic mass is 10.1. The zero-order chi connectivity index (χ0) is 21.1. The lowest BCUT2D eigenvalue weighted by molar-refractivity contribution is -0.113. The van der Waals surface area contributed by atoms with Crippen LogP contribution in [0.5, 0.6) is 5.75 Å². The van der Waals surface area contributed by atoms with Gasteiger partial charge in [-0.15, -0.1) is 0 Å². The van der Waals surface area contributed by atoms with E-state index in [1.54, 1.807) is 11.0 Å². The molecule has 0 aliphatic carbocycles. The van der Waals surface area contributed by atoms with Crippen molar-refractivity contribution in [2.45, 2.75) is 6.92 Å². The molecule has 0 atom stereocenters. The van der Waals surface area contributed by atoms with E-state index in [1.165, 1.54) is 0 Å². The number of aliphatic imine (C=N–C) groups is 1. The molecule has 1 amide bonds. The molecule has 0 radical (unpaired) electrons. The lowest BCUT2D eigenvalue weighted by Gasteiger charge is -2.19. The molecule has 1 aliphatic heterocycles. The Bertz CT molecular complexity index is 1140. The quantitative estimate of drug-likeness (QED) is 0.359. The summed E-state index contributed by atoms with van der Waals surface area (Å²) < 4.78 is 7.35. The van der Waals surface area contributed by atoms with Crippen LogP contribution < -0.4 is 9.64 Å². The zero-order valence-corrected chi connectivity index (χ0v) is 19.4. The predicted octanol–water partition coefficient (Wildman–Crippen LogP) is 6.44. The summed E-state index contributed by atoms with van der Waals surface area (Å²) in [5.74, 6) is 1.23. The number of amides is 1. The number of halogens is 2. The number of hydrogen-bond acceptors (Lipinski definition) is 3. The Balaban J connectivity index is 1.76. The maximum atomic E-state index is 13.3. The standard InChI is InChI=1S/C24H18Br2N2O2/c1-2-30-21-12-6-16(7-13-21)14-22-24(29)28(20-5-3-4-19(26)15-20)23(27-22)17-8-10-18(25)11-9-17/h3-15H,2H2,1H3/b22-14+. The van der Waals surface area contributed by atoms with Crippen molar-refractivity contribution in [2.75, 3.05) is 11.5 Å². The summed E-state index contributed by atoms with van der Waals surface area (Å²) in [4.78, 5) is 19.7. The first-order valence-electron chi connectivity index (χ1n) is 9.44. The van der Waals surface area contributed by atoms with Crippen LogP contribution in [-0.4, -0.2) is 18.3 Å². The third-order valence-electron chi connectivity index (χ3n) is 4.52. The second-order valence-electron chi connectivity index (χ2n) is 6.59. The topological polar surface area (TPSA) is 41.9 Å². The maximum absolute atomic E-state index is 13.3. The molecule has 3 aromatic rings. The summed E-state index contributed by atoms with van der Waals surface area (Å²) in [6, 6.07) is 23.0. The molecular weight excluding hydrogens is 508 g/mol. The summed E-state index contributed by atoms with van der Waals surface area (Å²) in [5.41, 5.74) is 2.89. The molecule has 4 rings (SSSR count). The van der Waals surface area contributed by atoms with Gasteiger partial charge in [0.1, 0.15) is 17.3 Å². The Morgan fingerprint density at radius 3 is 2.37 bits per heavy atom. The molecule has 150 valence electrons. The van der Waals surface area contributed by atoms with E-state index in [-0.39, 0.29) is 5.91 Å². The fourth-order valence-corrected chi connectivity index (χ4v) is 3.80. The Morgan fingerprint density at radius 2 is 1.70 bits per heavy atom. The Labute approximate surface area is 192 Å². The van der Waals surface area contributed by atoms with E-state index >= 15 is 0 Å². The highest BCUT2D eigenvalue weighted by atomic mass is 79.9. The van der Waals surface area contributed by atoms with E-state index in [4.69, 9.17) is 9.73 Å². The number of nitrogens with zero attached hydrogens (tertiary/aromatic N) is 2. The smallest absolute Gasteiger partial charge is 0.282 e. The van der Waals surface area contributed by atoms with Gasteiger partial charge in [0.2, 0.25) is 0 Å². The molecular formula is C24H18Br2N2O2. The Hall–Kier alpha value is -2.70. The predicted molar refractivity (Wildman–Crippen MR) is 128 cm³/mol. The number of ether oxygens (including phenoxy) is 1. The van der Waals surface area contributed by atoms with Crippen molar-refractivity contribution in [1.82, 2.24) is 0 Å². The van der Waals surface area contributed by atoms with Crippen LogP contribution >= 0.6 is 31.9 Å². The summed E-state index contributed by atoms with van der Waals surface area (Å²) in [5, 5.41) is 0. The third-order valence-corrected chi connectivity index (χ3v) is 5.55. The van der Waals surface area contributed by atoms with Crippen molar-refractivity contribution in [1.29, 1.82) is 0 Å². The van der Waals surface area contributed by atoms with Crippen molar-refractivity contribution in [3.63, 3.8) is 0 Å². The molecule has 30 heavy (non-hydrogen) atoms. The van der Waals surface area contributed by atoms with Crippen LogP contribution in [0.1, 0.15) is 18.1 Å². The minimum absolute atomic E-state index is 0.167. The highest BCUT2D eigenvalue weighted by Crippen LogP contribution is 2.30. The average molecular weight is 526 g/mol. The van der Waals surface area contributed by atoms with Gasteiger partial charge in [-0.1, -0.05) is 62.2 Å². The Morgan fingerprint density at radius 1 is 0.967 bits per heavy atom. The average Bonchev–Trinajstić information content (AvgIpc) is 3.06. The first-order chi connectivity index (χ1) is 14.5. The van der Waals surface area contributed by atoms with E-state index < -0.39 is 0 Å². The van der Waals surface area contributed by atoms with Crippen LogP contribution in [0.4, 0.5) is 5.69 Å². The molecule has 4 nitrogen and oxygen atoms in total. The second-order valence-corrected chi connectivity index (χ2v) is 8.43. The molecule has 3 aromatic carbocycles. The minimum atomic E-state index is -0.167. The van der Waals surface area contributed by atoms with Gasteiger partial charge in [0.25, 0.3) is 5.91 Å². The van der Waals surface area contributed by atoms with Crippen LogP contribution in [0, 0.1) is 0 Å². The van der Waals surface area contributed by atoms with Crippen molar-refractivity contribution < 1.29 is 9.53 Å². The van der Waals surface area contributed by atoms with E-state index in [2.05, 4.69) is 31.9 Å². The number of hydrogen-bond donors (Lipinski definition) is 0. The number of carbonyl (C=O) groups excluding carboxylic acids is 1. The molecule has 0 saturated carbocycles. The first-order valence-corrected chi connectivity index (χ1v) is 11.0. The summed E-state index contributed by atoms with van der Waals surface area (Å²) in [6.45, 7) is 2.56. The summed E-state index contributed by atoms with van der Waals surface area (Å²) in [6.07, 6.45) is 1.80. The minimum Gasteiger partial charge on any atom is -0.494 e. The lowest BCUT2D eigenvalue weighted by Crippen LogP contribution is -2.32. The number of anilines is 1. The Kier molecular flexibility index (Phi) is 6.16. The van der Waals surface area contributed by atoms with Gasteiger partial charge in [-0.2, -0.15) is 0 Å². The van der Waals surface area contributed by atoms with Gasteiger partial charge < -0.3 is 4.74 Å². The number of benzene rings is 3. The molecule has 0 N–H and O–H groups in total. The molecule has 0 aromatic heterocycles. The molecule has 1 heterocycles. The van der Waals surface area contributed by atoms with Crippen LogP contribution in [0.2, 0.25) is 0 Å². The maximum Gasteiger partial charge on any atom is 0.282 e. The second kappa shape index (κ2) is 8.98. The van der Waals surface area contributed by atoms with Gasteiger partial charge in [-0.25, -0.2) is 4.99 Å². The molecule has 0 saturated heterocycles. The van der Waals surface area contributed by atoms with E-state index in [9.17, 15) is 4.79 Å². The summed E-state index contributed by atoms with van der Waals surface area (Å²) in [7, 11) is 0. The number of carbonyl (C=O) groups is 1. The van der Waals surface area contributed by atoms with E-state index in [1.807, 2.05) is 79.7 Å². The van der Waals surface area contributed by atoms with Crippen molar-refractivity contribution >= 4 is 55.4 Å². The summed E-state index contributed by atoms with van der Waals surface area (Å²) >= 11 is 6.95. The fraction of sp³-hybridized carbons (Fsp3) is 0.0833. The van der Waals surface area contributed by atoms with Crippen molar-refractivity contribution in [3.8, 4) is 5.75 Å². The van der Waals surface area contributed by atoms with Crippen LogP contribution in [0.15, 0.2) is 92.4 Å². The van der Waals surface area contributed by atoms with Gasteiger partial charge in [0, 0.05) is 14.5 Å². The van der Waals surface area contributed by atoms with Gasteiger partial charge in [-0.3, -0.25) is 9.69 Å². The number of amidine groups is 1. The molecule has 1 aliphatic rings. The molecule has 0 bridgehead atoms. The van der Waals surface area contributed by atoms with E-state index in [0.717, 1.165) is 31.5 Å². The van der Waals surface area contributed by atoms with Crippen LogP contribution in [0.3, 0.4) is 0 Å². The van der Waals surface area contributed by atoms with Gasteiger partial charge in [0.05, 0.1) is 12.3 Å². The molecule has 6 heteroatoms. The van der Waals surface area contributed by atoms with Gasteiger partial charge >= 0.3 is 0 Å². The van der Waals surface area contributed by atoms with Crippen LogP contribution in [-0.2, 0) is 4.79 Å². The molecule has 0 unspecified atom stereocenters. The largest absolute Gasteiger partial charge is 0.494 e. The SMILES string of the molecule is CCOc1ccc(/C=C2/N=C(c3ccc(Br)cc3)N(c3cccc(Br)c3)C2=O)cc1. The number of rotatable bonds is 5. The third kappa shape index (κ3) is 4.40. The molecule has 0 fully saturated rings. The highest BCUT2D eigenvalue weighted by molar-refractivity contribution is 9.10. The van der Waals surface area contributed by atoms with Gasteiger partial charge in [0.15, 0.2) is 0 Å². The van der Waals surface area contributed by atoms with Crippen molar-refractivity contribution in [2.24, 2.45) is 4.99 Å². The fourth-order valence-electron chi connectivity index (χ4n) is 3.15. The molecule has 0 spiro atoms. The zero-order valence-electron chi connectivity index (χ0n) is 16.2. The van der Waals surface area contributed by atoms with Crippen LogP contribution in [0.25, 0.3) is 6.08 Å². The van der Waals surface area contributed by atoms with Crippen molar-refractivity contribution in [3.05, 3.63) is 98.6 Å². The highest BCUT2D eigenvalue weighted by Gasteiger charge is 2.32. The van der Waals surface area contributed by atoms with E-state index in [0.29, 0.717) is 18.1 Å². The normalized spacial score (nSPS) is 14.9. The monoisotopic (exact) mass is 524 g/mol. The van der Waals surface area contributed by atoms with Gasteiger partial charge in [-0.05, 0) is 61.0 Å².